The Morgan fingerprint density at radius 2 is 2.20 bits per heavy atom. The molecule has 6 nitrogen and oxygen atoms in total. The summed E-state index contributed by atoms with van der Waals surface area (Å²) in [7, 11) is 1.65. The first kappa shape index (κ1) is 19.4. The minimum absolute atomic E-state index is 0. The van der Waals surface area contributed by atoms with Crippen molar-refractivity contribution in [2.75, 3.05) is 26.8 Å². The lowest BCUT2D eigenvalue weighted by Crippen LogP contribution is -2.40. The number of guanidine groups is 1. The molecule has 1 atom stereocenters. The molecule has 0 heterocycles. The second kappa shape index (κ2) is 11.1. The number of hydrogen-bond donors (Lipinski definition) is 3. The molecule has 7 heteroatoms. The van der Waals surface area contributed by atoms with E-state index in [0.29, 0.717) is 25.7 Å². The van der Waals surface area contributed by atoms with E-state index in [-0.39, 0.29) is 41.8 Å². The molecule has 0 saturated heterocycles. The third-order valence-corrected chi connectivity index (χ3v) is 3.20. The number of ether oxygens (including phenoxy) is 1. The second-order valence-electron chi connectivity index (χ2n) is 5.04. The van der Waals surface area contributed by atoms with Crippen LogP contribution >= 0.6 is 24.0 Å². The maximum atomic E-state index is 11.5. The van der Waals surface area contributed by atoms with Crippen LogP contribution < -0.4 is 16.4 Å². The molecular weight excluding hydrogens is 371 g/mol. The molecule has 118 valence electrons. The molecule has 4 N–H and O–H groups in total. The molecule has 0 aliphatic heterocycles. The zero-order valence-corrected chi connectivity index (χ0v) is 14.7. The molecule has 1 unspecified atom stereocenters. The normalized spacial score (nSPS) is 16.8. The van der Waals surface area contributed by atoms with Crippen molar-refractivity contribution in [1.82, 2.24) is 10.6 Å². The standard InChI is InChI=1S/C13H26N4O2.HI/c1-10(9-19-2)17-13(14)16-8-4-7-15-12(18)11-5-3-6-11;/h10-11H,3-9H2,1-2H3,(H,15,18)(H3,14,16,17);1H. The smallest absolute Gasteiger partial charge is 0.223 e. The fourth-order valence-electron chi connectivity index (χ4n) is 1.89. The molecule has 0 bridgehead atoms. The first-order chi connectivity index (χ1) is 9.13. The average Bonchev–Trinajstić information content (AvgIpc) is 2.26. The third kappa shape index (κ3) is 7.88. The number of aliphatic imine (C=N–C) groups is 1. The molecule has 0 radical (unpaired) electrons. The van der Waals surface area contributed by atoms with Crippen molar-refractivity contribution < 1.29 is 9.53 Å². The summed E-state index contributed by atoms with van der Waals surface area (Å²) < 4.78 is 4.99. The van der Waals surface area contributed by atoms with E-state index in [9.17, 15) is 4.79 Å². The van der Waals surface area contributed by atoms with Crippen molar-refractivity contribution >= 4 is 35.8 Å². The van der Waals surface area contributed by atoms with Crippen molar-refractivity contribution in [2.24, 2.45) is 16.6 Å². The first-order valence-corrected chi connectivity index (χ1v) is 6.96. The van der Waals surface area contributed by atoms with Gasteiger partial charge in [0.1, 0.15) is 0 Å². The van der Waals surface area contributed by atoms with E-state index in [1.165, 1.54) is 6.42 Å². The minimum Gasteiger partial charge on any atom is -0.383 e. The quantitative estimate of drug-likeness (QED) is 0.245. The van der Waals surface area contributed by atoms with Crippen LogP contribution in [0.3, 0.4) is 0 Å². The molecule has 1 fully saturated rings. The molecule has 1 rings (SSSR count). The number of carbonyl (C=O) groups excluding carboxylic acids is 1. The van der Waals surface area contributed by atoms with Crippen molar-refractivity contribution in [3.63, 3.8) is 0 Å². The van der Waals surface area contributed by atoms with Gasteiger partial charge in [-0.2, -0.15) is 0 Å². The van der Waals surface area contributed by atoms with Crippen molar-refractivity contribution in [3.8, 4) is 0 Å². The van der Waals surface area contributed by atoms with Crippen molar-refractivity contribution in [2.45, 2.75) is 38.6 Å². The van der Waals surface area contributed by atoms with Crippen LogP contribution in [0.15, 0.2) is 4.99 Å². The lowest BCUT2D eigenvalue weighted by atomic mass is 9.85. The Balaban J connectivity index is 0.00000361. The summed E-state index contributed by atoms with van der Waals surface area (Å²) in [5.41, 5.74) is 5.72. The van der Waals surface area contributed by atoms with Gasteiger partial charge in [0.15, 0.2) is 5.96 Å². The number of amides is 1. The Bertz CT molecular complexity index is 309. The number of nitrogens with one attached hydrogen (secondary N) is 2. The Labute approximate surface area is 138 Å². The topological polar surface area (TPSA) is 88.7 Å². The summed E-state index contributed by atoms with van der Waals surface area (Å²) in [5, 5.41) is 5.96. The van der Waals surface area contributed by atoms with Crippen LogP contribution in [0.1, 0.15) is 32.6 Å². The molecule has 1 amide bonds. The molecule has 0 aromatic carbocycles. The predicted octanol–water partition coefficient (Wildman–Crippen LogP) is 0.850. The zero-order valence-electron chi connectivity index (χ0n) is 12.4. The maximum Gasteiger partial charge on any atom is 0.223 e. The van der Waals surface area contributed by atoms with Gasteiger partial charge in [-0.3, -0.25) is 9.79 Å². The molecule has 1 saturated carbocycles. The number of hydrogen-bond acceptors (Lipinski definition) is 3. The van der Waals surface area contributed by atoms with Crippen LogP contribution in [0.2, 0.25) is 0 Å². The van der Waals surface area contributed by atoms with Crippen LogP contribution in [-0.2, 0) is 9.53 Å². The van der Waals surface area contributed by atoms with Gasteiger partial charge in [0.05, 0.1) is 6.61 Å². The number of nitrogens with zero attached hydrogens (tertiary/aromatic N) is 1. The summed E-state index contributed by atoms with van der Waals surface area (Å²) in [6.07, 6.45) is 4.07. The van der Waals surface area contributed by atoms with Crippen LogP contribution in [0.5, 0.6) is 0 Å². The molecule has 1 aliphatic rings. The summed E-state index contributed by atoms with van der Waals surface area (Å²) in [6, 6.07) is 0.145. The molecular formula is C13H27IN4O2. The Morgan fingerprint density at radius 1 is 1.50 bits per heavy atom. The fourth-order valence-corrected chi connectivity index (χ4v) is 1.89. The fraction of sp³-hybridized carbons (Fsp3) is 0.846. The second-order valence-corrected chi connectivity index (χ2v) is 5.04. The van der Waals surface area contributed by atoms with Crippen LogP contribution in [0.25, 0.3) is 0 Å². The number of nitrogens with two attached hydrogens (primary N) is 1. The Kier molecular flexibility index (Phi) is 10.8. The van der Waals surface area contributed by atoms with Gasteiger partial charge in [-0.15, -0.1) is 24.0 Å². The van der Waals surface area contributed by atoms with Crippen molar-refractivity contribution in [3.05, 3.63) is 0 Å². The van der Waals surface area contributed by atoms with E-state index in [2.05, 4.69) is 15.6 Å². The van der Waals surface area contributed by atoms with Gasteiger partial charge in [-0.1, -0.05) is 6.42 Å². The SMILES string of the molecule is COCC(C)NC(N)=NCCCNC(=O)C1CCC1.I. The average molecular weight is 398 g/mol. The zero-order chi connectivity index (χ0) is 14.1. The predicted molar refractivity (Wildman–Crippen MR) is 91.3 cm³/mol. The van der Waals surface area contributed by atoms with E-state index in [1.54, 1.807) is 7.11 Å². The summed E-state index contributed by atoms with van der Waals surface area (Å²) in [6.45, 7) is 3.85. The largest absolute Gasteiger partial charge is 0.383 e. The Hall–Kier alpha value is -0.570. The van der Waals surface area contributed by atoms with E-state index in [4.69, 9.17) is 10.5 Å². The van der Waals surface area contributed by atoms with Gasteiger partial charge in [0, 0.05) is 32.2 Å². The molecule has 1 aliphatic carbocycles. The lowest BCUT2D eigenvalue weighted by molar-refractivity contribution is -0.127. The van der Waals surface area contributed by atoms with E-state index >= 15 is 0 Å². The highest BCUT2D eigenvalue weighted by atomic mass is 127. The summed E-state index contributed by atoms with van der Waals surface area (Å²) in [5.74, 6) is 0.870. The molecule has 0 aromatic rings. The summed E-state index contributed by atoms with van der Waals surface area (Å²) in [4.78, 5) is 15.7. The monoisotopic (exact) mass is 398 g/mol. The molecule has 20 heavy (non-hydrogen) atoms. The van der Waals surface area contributed by atoms with Gasteiger partial charge >= 0.3 is 0 Å². The number of rotatable bonds is 8. The van der Waals surface area contributed by atoms with E-state index < -0.39 is 0 Å². The first-order valence-electron chi connectivity index (χ1n) is 6.96. The number of methoxy groups -OCH3 is 1. The van der Waals surface area contributed by atoms with E-state index in [0.717, 1.165) is 19.3 Å². The minimum atomic E-state index is 0. The number of halogens is 1. The van der Waals surface area contributed by atoms with Gasteiger partial charge in [0.2, 0.25) is 5.91 Å². The third-order valence-electron chi connectivity index (χ3n) is 3.20. The molecule has 0 spiro atoms. The number of carbonyl (C=O) groups is 1. The molecule has 0 aromatic heterocycles. The van der Waals surface area contributed by atoms with Gasteiger partial charge in [-0.25, -0.2) is 0 Å². The maximum absolute atomic E-state index is 11.5. The van der Waals surface area contributed by atoms with Crippen LogP contribution in [-0.4, -0.2) is 44.7 Å². The lowest BCUT2D eigenvalue weighted by Gasteiger charge is -2.23. The van der Waals surface area contributed by atoms with E-state index in [1.807, 2.05) is 6.92 Å². The highest BCUT2D eigenvalue weighted by molar-refractivity contribution is 14.0. The van der Waals surface area contributed by atoms with Crippen molar-refractivity contribution in [1.29, 1.82) is 0 Å². The van der Waals surface area contributed by atoms with Gasteiger partial charge < -0.3 is 21.1 Å². The highest BCUT2D eigenvalue weighted by Gasteiger charge is 2.24. The summed E-state index contributed by atoms with van der Waals surface area (Å²) >= 11 is 0. The van der Waals surface area contributed by atoms with Crippen LogP contribution in [0, 0.1) is 5.92 Å². The van der Waals surface area contributed by atoms with Gasteiger partial charge in [0.25, 0.3) is 0 Å². The Morgan fingerprint density at radius 3 is 2.75 bits per heavy atom. The van der Waals surface area contributed by atoms with Gasteiger partial charge in [-0.05, 0) is 26.2 Å². The van der Waals surface area contributed by atoms with Crippen LogP contribution in [0.4, 0.5) is 0 Å². The highest BCUT2D eigenvalue weighted by Crippen LogP contribution is 2.25.